The minimum Gasteiger partial charge on any atom is -0.369 e. The van der Waals surface area contributed by atoms with Crippen LogP contribution in [0.4, 0.5) is 11.5 Å². The van der Waals surface area contributed by atoms with Gasteiger partial charge >= 0.3 is 0 Å². The second-order valence-electron chi connectivity index (χ2n) is 6.00. The summed E-state index contributed by atoms with van der Waals surface area (Å²) in [5, 5.41) is 19.9. The van der Waals surface area contributed by atoms with Crippen molar-refractivity contribution < 1.29 is 4.92 Å². The lowest BCUT2D eigenvalue weighted by molar-refractivity contribution is -0.384. The fraction of sp³-hybridized carbons (Fsp3) is 0.167. The Labute approximate surface area is 149 Å². The Morgan fingerprint density at radius 1 is 1.28 bits per heavy atom. The van der Waals surface area contributed by atoms with Crippen molar-refractivity contribution in [2.45, 2.75) is 13.3 Å². The highest BCUT2D eigenvalue weighted by Gasteiger charge is 2.25. The fourth-order valence-corrected chi connectivity index (χ4v) is 3.35. The number of hydrogen-bond donors (Lipinski definition) is 1. The molecule has 0 unspecified atom stereocenters. The quantitative estimate of drug-likeness (QED) is 0.559. The van der Waals surface area contributed by atoms with E-state index >= 15 is 0 Å². The highest BCUT2D eigenvalue weighted by Crippen LogP contribution is 2.36. The summed E-state index contributed by atoms with van der Waals surface area (Å²) in [7, 11) is 0. The molecule has 0 bridgehead atoms. The number of rotatable bonds is 3. The third kappa shape index (κ3) is 2.64. The van der Waals surface area contributed by atoms with Gasteiger partial charge in [-0.25, -0.2) is 4.68 Å². The minimum absolute atomic E-state index is 0.0483. The van der Waals surface area contributed by atoms with Gasteiger partial charge in [-0.05, 0) is 31.0 Å². The Balaban J connectivity index is 1.92. The molecule has 4 rings (SSSR count). The number of aryl methyl sites for hydroxylation is 1. The second-order valence-corrected chi connectivity index (χ2v) is 6.44. The molecular formula is C18H15ClN4O2. The Hall–Kier alpha value is -2.86. The lowest BCUT2D eigenvalue weighted by Crippen LogP contribution is -2.06. The van der Waals surface area contributed by atoms with Gasteiger partial charge in [-0.15, -0.1) is 0 Å². The lowest BCUT2D eigenvalue weighted by Gasteiger charge is -2.09. The van der Waals surface area contributed by atoms with E-state index in [1.807, 2.05) is 31.2 Å². The van der Waals surface area contributed by atoms with E-state index in [0.29, 0.717) is 10.7 Å². The number of hydrogen-bond acceptors (Lipinski definition) is 4. The molecule has 3 aromatic rings. The first-order valence-corrected chi connectivity index (χ1v) is 8.29. The van der Waals surface area contributed by atoms with Crippen molar-refractivity contribution in [2.24, 2.45) is 0 Å². The van der Waals surface area contributed by atoms with Gasteiger partial charge in [0.25, 0.3) is 5.69 Å². The van der Waals surface area contributed by atoms with Gasteiger partial charge in [0.1, 0.15) is 5.82 Å². The Kier molecular flexibility index (Phi) is 3.69. The topological polar surface area (TPSA) is 73.0 Å². The van der Waals surface area contributed by atoms with E-state index < -0.39 is 4.92 Å². The summed E-state index contributed by atoms with van der Waals surface area (Å²) in [6, 6.07) is 12.4. The summed E-state index contributed by atoms with van der Waals surface area (Å²) in [5.41, 5.74) is 4.57. The third-order valence-corrected chi connectivity index (χ3v) is 4.62. The first-order chi connectivity index (χ1) is 12.0. The highest BCUT2D eigenvalue weighted by atomic mass is 35.5. The summed E-state index contributed by atoms with van der Waals surface area (Å²) in [5.74, 6) is 0.888. The van der Waals surface area contributed by atoms with Crippen LogP contribution in [0.15, 0.2) is 42.5 Å². The fourth-order valence-electron chi connectivity index (χ4n) is 3.16. The number of nitro groups is 1. The van der Waals surface area contributed by atoms with Crippen LogP contribution in [0.2, 0.25) is 5.02 Å². The van der Waals surface area contributed by atoms with Crippen LogP contribution >= 0.6 is 11.6 Å². The van der Waals surface area contributed by atoms with Gasteiger partial charge in [0.15, 0.2) is 0 Å². The molecule has 25 heavy (non-hydrogen) atoms. The summed E-state index contributed by atoms with van der Waals surface area (Å²) in [6.45, 7) is 2.73. The lowest BCUT2D eigenvalue weighted by atomic mass is 10.1. The van der Waals surface area contributed by atoms with E-state index in [-0.39, 0.29) is 5.69 Å². The maximum absolute atomic E-state index is 11.1. The van der Waals surface area contributed by atoms with Gasteiger partial charge in [0, 0.05) is 34.8 Å². The zero-order valence-electron chi connectivity index (χ0n) is 13.5. The number of aromatic nitrogens is 2. The van der Waals surface area contributed by atoms with Gasteiger partial charge in [0.05, 0.1) is 16.3 Å². The number of benzene rings is 2. The van der Waals surface area contributed by atoms with Crippen LogP contribution in [-0.2, 0) is 6.42 Å². The zero-order chi connectivity index (χ0) is 17.6. The van der Waals surface area contributed by atoms with Gasteiger partial charge in [-0.3, -0.25) is 10.1 Å². The molecule has 0 radical (unpaired) electrons. The molecular weight excluding hydrogens is 340 g/mol. The van der Waals surface area contributed by atoms with Crippen LogP contribution in [-0.4, -0.2) is 21.2 Å². The van der Waals surface area contributed by atoms with Crippen molar-refractivity contribution in [3.05, 3.63) is 68.7 Å². The van der Waals surface area contributed by atoms with E-state index in [4.69, 9.17) is 16.7 Å². The Morgan fingerprint density at radius 3 is 2.88 bits per heavy atom. The summed E-state index contributed by atoms with van der Waals surface area (Å²) in [6.07, 6.45) is 0.852. The number of nitrogens with zero attached hydrogens (tertiary/aromatic N) is 3. The molecule has 0 fully saturated rings. The molecule has 0 spiro atoms. The number of nitrogens with one attached hydrogen (secondary N) is 1. The van der Waals surface area contributed by atoms with Crippen LogP contribution in [0.1, 0.15) is 11.1 Å². The van der Waals surface area contributed by atoms with Gasteiger partial charge in [-0.2, -0.15) is 5.10 Å². The van der Waals surface area contributed by atoms with Crippen molar-refractivity contribution in [1.82, 2.24) is 9.78 Å². The maximum atomic E-state index is 11.1. The van der Waals surface area contributed by atoms with E-state index in [0.717, 1.165) is 41.2 Å². The zero-order valence-corrected chi connectivity index (χ0v) is 14.2. The molecule has 126 valence electrons. The summed E-state index contributed by atoms with van der Waals surface area (Å²) in [4.78, 5) is 10.7. The Bertz CT molecular complexity index is 997. The van der Waals surface area contributed by atoms with E-state index in [2.05, 4.69) is 5.32 Å². The number of halogens is 1. The Morgan fingerprint density at radius 2 is 2.12 bits per heavy atom. The molecule has 1 aliphatic rings. The van der Waals surface area contributed by atoms with Gasteiger partial charge in [-0.1, -0.05) is 29.8 Å². The van der Waals surface area contributed by atoms with Crippen molar-refractivity contribution in [2.75, 3.05) is 11.9 Å². The van der Waals surface area contributed by atoms with Crippen molar-refractivity contribution >= 4 is 23.1 Å². The molecule has 6 nitrogen and oxygen atoms in total. The number of fused-ring (bicyclic) bond motifs is 1. The van der Waals surface area contributed by atoms with E-state index in [9.17, 15) is 10.1 Å². The smallest absolute Gasteiger partial charge is 0.271 e. The molecule has 0 saturated carbocycles. The average Bonchev–Trinajstić information content (AvgIpc) is 3.17. The molecule has 0 atom stereocenters. The predicted molar refractivity (Wildman–Crippen MR) is 97.6 cm³/mol. The molecule has 1 aliphatic heterocycles. The maximum Gasteiger partial charge on any atom is 0.271 e. The average molecular weight is 355 g/mol. The van der Waals surface area contributed by atoms with Crippen molar-refractivity contribution in [3.8, 4) is 16.9 Å². The third-order valence-electron chi connectivity index (χ3n) is 4.38. The largest absolute Gasteiger partial charge is 0.369 e. The van der Waals surface area contributed by atoms with Gasteiger partial charge in [0.2, 0.25) is 0 Å². The molecule has 0 aliphatic carbocycles. The number of nitro benzene ring substituents is 1. The monoisotopic (exact) mass is 354 g/mol. The van der Waals surface area contributed by atoms with Crippen molar-refractivity contribution in [1.29, 1.82) is 0 Å². The van der Waals surface area contributed by atoms with Crippen LogP contribution in [0.25, 0.3) is 16.9 Å². The minimum atomic E-state index is -0.391. The molecule has 1 aromatic heterocycles. The number of anilines is 1. The van der Waals surface area contributed by atoms with E-state index in [1.54, 1.807) is 16.8 Å². The van der Waals surface area contributed by atoms with Crippen LogP contribution in [0.3, 0.4) is 0 Å². The normalized spacial score (nSPS) is 12.7. The molecule has 2 aromatic carbocycles. The molecule has 2 heterocycles. The molecule has 7 heteroatoms. The summed E-state index contributed by atoms with van der Waals surface area (Å²) < 4.78 is 1.76. The SMILES string of the molecule is Cc1ccc([N+](=O)[O-])cc1-n1nc(-c2cccc(Cl)c2)c2c1NCC2. The summed E-state index contributed by atoms with van der Waals surface area (Å²) >= 11 is 6.13. The van der Waals surface area contributed by atoms with Crippen molar-refractivity contribution in [3.63, 3.8) is 0 Å². The van der Waals surface area contributed by atoms with Crippen LogP contribution < -0.4 is 5.32 Å². The molecule has 1 N–H and O–H groups in total. The van der Waals surface area contributed by atoms with Crippen LogP contribution in [0, 0.1) is 17.0 Å². The first kappa shape index (κ1) is 15.7. The number of non-ortho nitro benzene ring substituents is 1. The standard InChI is InChI=1S/C18H15ClN4O2/c1-11-5-6-14(23(24)25)10-16(11)22-18-15(7-8-20-18)17(21-22)12-3-2-4-13(19)9-12/h2-6,9-10,20H,7-8H2,1H3. The predicted octanol–water partition coefficient (Wildman–Crippen LogP) is 4.38. The second kappa shape index (κ2) is 5.89. The van der Waals surface area contributed by atoms with Crippen LogP contribution in [0.5, 0.6) is 0 Å². The first-order valence-electron chi connectivity index (χ1n) is 7.92. The molecule has 0 amide bonds. The highest BCUT2D eigenvalue weighted by molar-refractivity contribution is 6.30. The van der Waals surface area contributed by atoms with E-state index in [1.165, 1.54) is 6.07 Å². The molecule has 0 saturated heterocycles. The van der Waals surface area contributed by atoms with Gasteiger partial charge < -0.3 is 5.32 Å².